The summed E-state index contributed by atoms with van der Waals surface area (Å²) in [6.07, 6.45) is -2.76. The fraction of sp³-hybridized carbons (Fsp3) is 0.263. The number of carbonyl (C=O) groups is 1. The molecule has 29 heavy (non-hydrogen) atoms. The van der Waals surface area contributed by atoms with E-state index in [9.17, 15) is 18.0 Å². The molecule has 10 heteroatoms. The molecule has 6 nitrogen and oxygen atoms in total. The maximum Gasteiger partial charge on any atom is 0.417 e. The Balaban J connectivity index is 1.89. The molecular weight excluding hydrogens is 407 g/mol. The van der Waals surface area contributed by atoms with Crippen molar-refractivity contribution < 1.29 is 18.0 Å². The van der Waals surface area contributed by atoms with E-state index in [1.165, 1.54) is 16.0 Å². The molecule has 2 heterocycles. The van der Waals surface area contributed by atoms with E-state index in [1.807, 2.05) is 0 Å². The maximum absolute atomic E-state index is 13.1. The first-order valence-corrected chi connectivity index (χ1v) is 9.09. The molecule has 0 radical (unpaired) electrons. The van der Waals surface area contributed by atoms with Gasteiger partial charge in [0.25, 0.3) is 5.91 Å². The van der Waals surface area contributed by atoms with Gasteiger partial charge in [-0.15, -0.1) is 0 Å². The number of hydrogen-bond acceptors (Lipinski definition) is 5. The molecule has 154 valence electrons. The van der Waals surface area contributed by atoms with Crippen LogP contribution >= 0.6 is 11.6 Å². The third-order valence-corrected chi connectivity index (χ3v) is 5.12. The molecule has 1 aliphatic rings. The lowest BCUT2D eigenvalue weighted by Gasteiger charge is -2.37. The summed E-state index contributed by atoms with van der Waals surface area (Å²) in [6, 6.07) is 8.13. The van der Waals surface area contributed by atoms with Gasteiger partial charge in [0.05, 0.1) is 28.4 Å². The third kappa shape index (κ3) is 4.15. The Morgan fingerprint density at radius 2 is 2.00 bits per heavy atom. The van der Waals surface area contributed by atoms with Crippen molar-refractivity contribution in [3.05, 3.63) is 70.1 Å². The monoisotopic (exact) mass is 425 g/mol. The van der Waals surface area contributed by atoms with Gasteiger partial charge in [-0.3, -0.25) is 9.80 Å². The van der Waals surface area contributed by atoms with Gasteiger partial charge >= 0.3 is 6.18 Å². The van der Waals surface area contributed by atoms with Crippen LogP contribution < -0.4 is 16.6 Å². The Labute approximate surface area is 170 Å². The maximum atomic E-state index is 13.1. The highest BCUT2D eigenvalue weighted by atomic mass is 35.5. The fourth-order valence-electron chi connectivity index (χ4n) is 3.18. The van der Waals surface area contributed by atoms with Crippen molar-refractivity contribution in [3.8, 4) is 0 Å². The molecular formula is C19H19ClF3N5O. The van der Waals surface area contributed by atoms with Gasteiger partial charge in [-0.25, -0.2) is 10.8 Å². The zero-order chi connectivity index (χ0) is 21.3. The number of carbonyl (C=O) groups excluding carboxylic acids is 1. The summed E-state index contributed by atoms with van der Waals surface area (Å²) >= 11 is 5.90. The molecule has 1 unspecified atom stereocenters. The van der Waals surface area contributed by atoms with E-state index in [0.29, 0.717) is 23.6 Å². The molecule has 0 bridgehead atoms. The zero-order valence-electron chi connectivity index (χ0n) is 15.4. The first kappa shape index (κ1) is 20.9. The number of anilines is 1. The molecule has 0 aliphatic carbocycles. The SMILES string of the molecule is CC1CC(N(N)c2ccccn2)=C(N)CN1C(=O)c1cccc(C(F)(F)F)c1Cl. The molecule has 1 atom stereocenters. The largest absolute Gasteiger partial charge is 0.417 e. The lowest BCUT2D eigenvalue weighted by molar-refractivity contribution is -0.137. The summed E-state index contributed by atoms with van der Waals surface area (Å²) in [5, 5.41) is 0.727. The molecule has 1 aromatic carbocycles. The number of aromatic nitrogens is 1. The van der Waals surface area contributed by atoms with Gasteiger partial charge in [-0.1, -0.05) is 23.7 Å². The predicted molar refractivity (Wildman–Crippen MR) is 104 cm³/mol. The highest BCUT2D eigenvalue weighted by Gasteiger charge is 2.37. The number of pyridine rings is 1. The Morgan fingerprint density at radius 3 is 2.62 bits per heavy atom. The Hall–Kier alpha value is -2.78. The average Bonchev–Trinajstić information content (AvgIpc) is 2.68. The van der Waals surface area contributed by atoms with Crippen LogP contribution in [0.15, 0.2) is 54.0 Å². The van der Waals surface area contributed by atoms with Gasteiger partial charge in [0.1, 0.15) is 5.82 Å². The van der Waals surface area contributed by atoms with Crippen LogP contribution in [0, 0.1) is 0 Å². The number of rotatable bonds is 3. The molecule has 0 saturated carbocycles. The number of hydrogen-bond donors (Lipinski definition) is 2. The molecule has 2 aromatic rings. The summed E-state index contributed by atoms with van der Waals surface area (Å²) in [6.45, 7) is 1.76. The standard InChI is InChI=1S/C19H19ClF3N5O/c1-11-9-15(28(25)16-7-2-3-8-26-16)14(24)10-27(11)18(29)12-5-4-6-13(17(12)20)19(21,22)23/h2-8,11H,9-10,24-25H2,1H3. The summed E-state index contributed by atoms with van der Waals surface area (Å²) < 4.78 is 39.3. The van der Waals surface area contributed by atoms with Gasteiger partial charge in [0.15, 0.2) is 0 Å². The number of halogens is 4. The second-order valence-electron chi connectivity index (χ2n) is 6.68. The number of hydrazine groups is 1. The van der Waals surface area contributed by atoms with E-state index in [1.54, 1.807) is 31.3 Å². The molecule has 3 rings (SSSR count). The quantitative estimate of drug-likeness (QED) is 0.580. The number of nitrogens with zero attached hydrogens (tertiary/aromatic N) is 3. The van der Waals surface area contributed by atoms with Crippen LogP contribution in [0.25, 0.3) is 0 Å². The number of amides is 1. The second kappa shape index (κ2) is 7.92. The van der Waals surface area contributed by atoms with Crippen molar-refractivity contribution >= 4 is 23.3 Å². The molecule has 0 spiro atoms. The van der Waals surface area contributed by atoms with Crippen molar-refractivity contribution in [2.45, 2.75) is 25.6 Å². The third-order valence-electron chi connectivity index (χ3n) is 4.71. The Bertz CT molecular complexity index is 949. The number of nitrogens with two attached hydrogens (primary N) is 2. The van der Waals surface area contributed by atoms with Crippen LogP contribution in [-0.2, 0) is 6.18 Å². The molecule has 1 amide bonds. The second-order valence-corrected chi connectivity index (χ2v) is 7.06. The van der Waals surface area contributed by atoms with Crippen LogP contribution in [0.3, 0.4) is 0 Å². The van der Waals surface area contributed by atoms with E-state index >= 15 is 0 Å². The average molecular weight is 426 g/mol. The van der Waals surface area contributed by atoms with Gasteiger partial charge in [-0.2, -0.15) is 13.2 Å². The highest BCUT2D eigenvalue weighted by molar-refractivity contribution is 6.34. The van der Waals surface area contributed by atoms with Crippen LogP contribution in [0.2, 0.25) is 5.02 Å². The van der Waals surface area contributed by atoms with Crippen LogP contribution in [0.5, 0.6) is 0 Å². The highest BCUT2D eigenvalue weighted by Crippen LogP contribution is 2.37. The van der Waals surface area contributed by atoms with E-state index in [4.69, 9.17) is 23.2 Å². The molecule has 1 aliphatic heterocycles. The summed E-state index contributed by atoms with van der Waals surface area (Å²) in [7, 11) is 0. The van der Waals surface area contributed by atoms with Crippen molar-refractivity contribution in [2.24, 2.45) is 11.6 Å². The zero-order valence-corrected chi connectivity index (χ0v) is 16.2. The number of alkyl halides is 3. The van der Waals surface area contributed by atoms with Crippen molar-refractivity contribution in [3.63, 3.8) is 0 Å². The lowest BCUT2D eigenvalue weighted by Crippen LogP contribution is -2.48. The molecule has 0 saturated heterocycles. The minimum Gasteiger partial charge on any atom is -0.399 e. The van der Waals surface area contributed by atoms with Crippen molar-refractivity contribution in [2.75, 3.05) is 11.6 Å². The first-order valence-electron chi connectivity index (χ1n) is 8.71. The predicted octanol–water partition coefficient (Wildman–Crippen LogP) is 3.54. The fourth-order valence-corrected chi connectivity index (χ4v) is 3.50. The van der Waals surface area contributed by atoms with Crippen molar-refractivity contribution in [1.82, 2.24) is 9.88 Å². The van der Waals surface area contributed by atoms with Gasteiger partial charge in [-0.05, 0) is 31.2 Å². The molecule has 1 aromatic heterocycles. The first-order chi connectivity index (χ1) is 13.6. The van der Waals surface area contributed by atoms with Crippen LogP contribution in [0.4, 0.5) is 19.0 Å². The van der Waals surface area contributed by atoms with Gasteiger partial charge in [0, 0.05) is 24.4 Å². The molecule has 4 N–H and O–H groups in total. The van der Waals surface area contributed by atoms with E-state index < -0.39 is 22.7 Å². The smallest absolute Gasteiger partial charge is 0.399 e. The van der Waals surface area contributed by atoms with Gasteiger partial charge < -0.3 is 10.6 Å². The van der Waals surface area contributed by atoms with Crippen LogP contribution in [-0.4, -0.2) is 28.4 Å². The summed E-state index contributed by atoms with van der Waals surface area (Å²) in [4.78, 5) is 18.5. The lowest BCUT2D eigenvalue weighted by atomic mass is 10.0. The van der Waals surface area contributed by atoms with Crippen LogP contribution in [0.1, 0.15) is 29.3 Å². The Morgan fingerprint density at radius 1 is 1.28 bits per heavy atom. The van der Waals surface area contributed by atoms with E-state index in [0.717, 1.165) is 12.1 Å². The van der Waals surface area contributed by atoms with Gasteiger partial charge in [0.2, 0.25) is 0 Å². The minimum absolute atomic E-state index is 0.00242. The summed E-state index contributed by atoms with van der Waals surface area (Å²) in [5.74, 6) is 5.99. The number of benzene rings is 1. The normalized spacial score (nSPS) is 17.4. The van der Waals surface area contributed by atoms with Crippen molar-refractivity contribution in [1.29, 1.82) is 0 Å². The van der Waals surface area contributed by atoms with E-state index in [-0.39, 0.29) is 18.2 Å². The minimum atomic E-state index is -4.66. The topological polar surface area (TPSA) is 88.5 Å². The Kier molecular flexibility index (Phi) is 5.72. The molecule has 0 fully saturated rings. The van der Waals surface area contributed by atoms with E-state index in [2.05, 4.69) is 4.98 Å². The summed E-state index contributed by atoms with van der Waals surface area (Å²) in [5.41, 5.74) is 5.79.